The number of hydrogen-bond acceptors (Lipinski definition) is 3. The lowest BCUT2D eigenvalue weighted by Crippen LogP contribution is -2.44. The molecule has 26 heavy (non-hydrogen) atoms. The molecule has 1 heterocycles. The van der Waals surface area contributed by atoms with Crippen molar-refractivity contribution in [3.63, 3.8) is 0 Å². The predicted molar refractivity (Wildman–Crippen MR) is 105 cm³/mol. The largest absolute Gasteiger partial charge is 0.341 e. The molecule has 4 heteroatoms. The van der Waals surface area contributed by atoms with Crippen LogP contribution in [0.1, 0.15) is 30.0 Å². The maximum Gasteiger partial charge on any atom is 0.244 e. The zero-order chi connectivity index (χ0) is 18.4. The Balaban J connectivity index is 1.46. The Bertz CT molecular complexity index is 681. The van der Waals surface area contributed by atoms with Gasteiger partial charge in [0.15, 0.2) is 0 Å². The molecular weight excluding hydrogens is 322 g/mol. The molecular formula is C22H29N3O. The lowest BCUT2D eigenvalue weighted by molar-refractivity contribution is -0.134. The van der Waals surface area contributed by atoms with Crippen molar-refractivity contribution in [2.24, 2.45) is 11.7 Å². The Morgan fingerprint density at radius 2 is 1.65 bits per heavy atom. The van der Waals surface area contributed by atoms with Crippen molar-refractivity contribution >= 4 is 5.91 Å². The second kappa shape index (κ2) is 8.97. The predicted octanol–water partition coefficient (Wildman–Crippen LogP) is 3.06. The lowest BCUT2D eigenvalue weighted by Gasteiger charge is -2.35. The van der Waals surface area contributed by atoms with Crippen LogP contribution in [0.3, 0.4) is 0 Å². The lowest BCUT2D eigenvalue weighted by atomic mass is 9.95. The van der Waals surface area contributed by atoms with Crippen LogP contribution in [0.4, 0.5) is 0 Å². The minimum Gasteiger partial charge on any atom is -0.341 e. The zero-order valence-electron chi connectivity index (χ0n) is 15.6. The summed E-state index contributed by atoms with van der Waals surface area (Å²) in [6.07, 6.45) is 2.10. The normalized spacial score (nSPS) is 16.7. The number of rotatable bonds is 6. The van der Waals surface area contributed by atoms with Crippen LogP contribution in [-0.4, -0.2) is 42.4 Å². The van der Waals surface area contributed by atoms with Crippen molar-refractivity contribution in [1.29, 1.82) is 0 Å². The van der Waals surface area contributed by atoms with Crippen molar-refractivity contribution in [3.8, 4) is 0 Å². The third-order valence-electron chi connectivity index (χ3n) is 5.22. The number of amides is 1. The van der Waals surface area contributed by atoms with E-state index in [2.05, 4.69) is 42.3 Å². The van der Waals surface area contributed by atoms with Gasteiger partial charge in [-0.25, -0.2) is 0 Å². The van der Waals surface area contributed by atoms with Crippen LogP contribution in [0, 0.1) is 5.92 Å². The molecule has 2 aromatic carbocycles. The first-order chi connectivity index (χ1) is 12.6. The molecule has 1 amide bonds. The van der Waals surface area contributed by atoms with Crippen LogP contribution in [0.5, 0.6) is 0 Å². The van der Waals surface area contributed by atoms with Crippen molar-refractivity contribution < 1.29 is 4.79 Å². The summed E-state index contributed by atoms with van der Waals surface area (Å²) in [5.74, 6) is 0.688. The fraction of sp³-hybridized carbons (Fsp3) is 0.409. The van der Waals surface area contributed by atoms with E-state index >= 15 is 0 Å². The number of nitrogens with zero attached hydrogens (tertiary/aromatic N) is 2. The molecule has 0 aromatic heterocycles. The molecule has 1 saturated heterocycles. The number of benzene rings is 2. The number of likely N-dealkylation sites (tertiary alicyclic amines) is 1. The van der Waals surface area contributed by atoms with Gasteiger partial charge in [0.25, 0.3) is 0 Å². The number of piperidine rings is 1. The highest BCUT2D eigenvalue weighted by molar-refractivity contribution is 5.83. The molecule has 138 valence electrons. The van der Waals surface area contributed by atoms with Crippen LogP contribution in [0.2, 0.25) is 0 Å². The first-order valence-corrected chi connectivity index (χ1v) is 9.45. The third kappa shape index (κ3) is 4.93. The summed E-state index contributed by atoms with van der Waals surface area (Å²) in [6, 6.07) is 19.7. The molecule has 3 rings (SSSR count). The highest BCUT2D eigenvalue weighted by Gasteiger charge is 2.27. The second-order valence-corrected chi connectivity index (χ2v) is 7.34. The van der Waals surface area contributed by atoms with Crippen LogP contribution in [0.25, 0.3) is 0 Å². The molecule has 1 aliphatic rings. The zero-order valence-corrected chi connectivity index (χ0v) is 15.6. The van der Waals surface area contributed by atoms with E-state index < -0.39 is 6.04 Å². The van der Waals surface area contributed by atoms with Gasteiger partial charge in [0.2, 0.25) is 5.91 Å². The van der Waals surface area contributed by atoms with Gasteiger partial charge in [0.05, 0.1) is 0 Å². The minimum atomic E-state index is -0.548. The molecule has 0 bridgehead atoms. The summed E-state index contributed by atoms with van der Waals surface area (Å²) in [5, 5.41) is 0. The van der Waals surface area contributed by atoms with Crippen molar-refractivity contribution in [1.82, 2.24) is 9.80 Å². The Hall–Kier alpha value is -2.17. The maximum atomic E-state index is 12.7. The number of nitrogens with two attached hydrogens (primary N) is 1. The third-order valence-corrected chi connectivity index (χ3v) is 5.22. The van der Waals surface area contributed by atoms with E-state index in [0.717, 1.165) is 44.6 Å². The summed E-state index contributed by atoms with van der Waals surface area (Å²) < 4.78 is 0. The number of hydrogen-bond donors (Lipinski definition) is 1. The highest BCUT2D eigenvalue weighted by Crippen LogP contribution is 2.22. The standard InChI is InChI=1S/C22H29N3O/c1-24(16-18-8-4-2-5-9-18)17-19-12-14-25(15-13-19)22(26)21(23)20-10-6-3-7-11-20/h2-11,19,21H,12-17,23H2,1H3. The summed E-state index contributed by atoms with van der Waals surface area (Å²) in [5.41, 5.74) is 8.41. The highest BCUT2D eigenvalue weighted by atomic mass is 16.2. The van der Waals surface area contributed by atoms with Crippen molar-refractivity contribution in [2.75, 3.05) is 26.7 Å². The molecule has 1 aliphatic heterocycles. The summed E-state index contributed by atoms with van der Waals surface area (Å²) >= 11 is 0. The van der Waals surface area contributed by atoms with Gasteiger partial charge in [-0.1, -0.05) is 60.7 Å². The molecule has 1 fully saturated rings. The fourth-order valence-corrected chi connectivity index (χ4v) is 3.74. The van der Waals surface area contributed by atoms with E-state index in [4.69, 9.17) is 5.73 Å². The summed E-state index contributed by atoms with van der Waals surface area (Å²) in [4.78, 5) is 17.0. The number of carbonyl (C=O) groups excluding carboxylic acids is 1. The van der Waals surface area contributed by atoms with Crippen molar-refractivity contribution in [2.45, 2.75) is 25.4 Å². The molecule has 4 nitrogen and oxygen atoms in total. The van der Waals surface area contributed by atoms with E-state index in [9.17, 15) is 4.79 Å². The quantitative estimate of drug-likeness (QED) is 0.870. The van der Waals surface area contributed by atoms with Gasteiger partial charge in [-0.3, -0.25) is 4.79 Å². The Kier molecular flexibility index (Phi) is 6.42. The Labute approximate surface area is 156 Å². The fourth-order valence-electron chi connectivity index (χ4n) is 3.74. The van der Waals surface area contributed by atoms with E-state index in [-0.39, 0.29) is 5.91 Å². The molecule has 0 aliphatic carbocycles. The first-order valence-electron chi connectivity index (χ1n) is 9.45. The molecule has 2 N–H and O–H groups in total. The van der Waals surface area contributed by atoms with Gasteiger partial charge < -0.3 is 15.5 Å². The molecule has 1 unspecified atom stereocenters. The summed E-state index contributed by atoms with van der Waals surface area (Å²) in [7, 11) is 2.18. The van der Waals surface area contributed by atoms with Gasteiger partial charge in [-0.15, -0.1) is 0 Å². The van der Waals surface area contributed by atoms with E-state index in [1.807, 2.05) is 35.2 Å². The van der Waals surface area contributed by atoms with Crippen LogP contribution < -0.4 is 5.73 Å². The van der Waals surface area contributed by atoms with Crippen molar-refractivity contribution in [3.05, 3.63) is 71.8 Å². The molecule has 2 aromatic rings. The van der Waals surface area contributed by atoms with Crippen LogP contribution >= 0.6 is 0 Å². The second-order valence-electron chi connectivity index (χ2n) is 7.34. The average Bonchev–Trinajstić information content (AvgIpc) is 2.69. The molecule has 1 atom stereocenters. The van der Waals surface area contributed by atoms with Gasteiger partial charge in [0, 0.05) is 26.2 Å². The van der Waals surface area contributed by atoms with Gasteiger partial charge in [-0.05, 0) is 36.9 Å². The Morgan fingerprint density at radius 1 is 1.08 bits per heavy atom. The topological polar surface area (TPSA) is 49.6 Å². The SMILES string of the molecule is CN(Cc1ccccc1)CC1CCN(C(=O)C(N)c2ccccc2)CC1. The maximum absolute atomic E-state index is 12.7. The van der Waals surface area contributed by atoms with Gasteiger partial charge in [0.1, 0.15) is 6.04 Å². The number of carbonyl (C=O) groups is 1. The first kappa shape index (κ1) is 18.6. The molecule has 0 saturated carbocycles. The van der Waals surface area contributed by atoms with E-state index in [0.29, 0.717) is 5.92 Å². The van der Waals surface area contributed by atoms with E-state index in [1.54, 1.807) is 0 Å². The minimum absolute atomic E-state index is 0.0484. The molecule has 0 spiro atoms. The average molecular weight is 351 g/mol. The van der Waals surface area contributed by atoms with Gasteiger partial charge in [-0.2, -0.15) is 0 Å². The Morgan fingerprint density at radius 3 is 2.27 bits per heavy atom. The monoisotopic (exact) mass is 351 g/mol. The summed E-state index contributed by atoms with van der Waals surface area (Å²) in [6.45, 7) is 3.66. The molecule has 0 radical (unpaired) electrons. The van der Waals surface area contributed by atoms with E-state index in [1.165, 1.54) is 5.56 Å². The van der Waals surface area contributed by atoms with Crippen LogP contribution in [0.15, 0.2) is 60.7 Å². The van der Waals surface area contributed by atoms with Crippen LogP contribution in [-0.2, 0) is 11.3 Å². The van der Waals surface area contributed by atoms with Gasteiger partial charge >= 0.3 is 0 Å². The smallest absolute Gasteiger partial charge is 0.244 e.